The van der Waals surface area contributed by atoms with Crippen LogP contribution in [0.1, 0.15) is 12.1 Å². The lowest BCUT2D eigenvalue weighted by atomic mass is 10.3. The Balaban J connectivity index is 1.94. The molecule has 0 amide bonds. The van der Waals surface area contributed by atoms with Gasteiger partial charge in [-0.05, 0) is 34.5 Å². The summed E-state index contributed by atoms with van der Waals surface area (Å²) in [5, 5.41) is 9.35. The van der Waals surface area contributed by atoms with E-state index >= 15 is 0 Å². The molecule has 0 aromatic carbocycles. The van der Waals surface area contributed by atoms with E-state index in [1.807, 2.05) is 18.3 Å². The fourth-order valence-corrected chi connectivity index (χ4v) is 1.92. The lowest BCUT2D eigenvalue weighted by Crippen LogP contribution is -2.21. The molecule has 1 aromatic rings. The molecule has 1 saturated heterocycles. The Morgan fingerprint density at radius 2 is 2.43 bits per heavy atom. The normalized spacial score (nSPS) is 22.9. The molecule has 14 heavy (non-hydrogen) atoms. The van der Waals surface area contributed by atoms with Crippen LogP contribution in [0.3, 0.4) is 0 Å². The van der Waals surface area contributed by atoms with Gasteiger partial charge in [0, 0.05) is 30.3 Å². The summed E-state index contributed by atoms with van der Waals surface area (Å²) >= 11 is 3.35. The molecular weight excluding hydrogens is 244 g/mol. The average Bonchev–Trinajstić information content (AvgIpc) is 2.56. The smallest absolute Gasteiger partial charge is 0.0679 e. The summed E-state index contributed by atoms with van der Waals surface area (Å²) in [6.45, 7) is 2.58. The van der Waals surface area contributed by atoms with Crippen LogP contribution in [0.15, 0.2) is 22.8 Å². The molecule has 0 saturated carbocycles. The number of pyridine rings is 1. The first-order chi connectivity index (χ1) is 6.74. The third-order valence-corrected chi connectivity index (χ3v) is 2.89. The SMILES string of the molecule is O[C@H]1CCN(Cc2ccc(Br)cn2)C1. The first kappa shape index (κ1) is 10.1. The van der Waals surface area contributed by atoms with E-state index in [9.17, 15) is 5.11 Å². The number of rotatable bonds is 2. The van der Waals surface area contributed by atoms with E-state index in [1.165, 1.54) is 0 Å². The largest absolute Gasteiger partial charge is 0.392 e. The first-order valence-electron chi connectivity index (χ1n) is 4.75. The van der Waals surface area contributed by atoms with Crippen molar-refractivity contribution in [2.45, 2.75) is 19.1 Å². The third kappa shape index (κ3) is 2.53. The maximum Gasteiger partial charge on any atom is 0.0679 e. The highest BCUT2D eigenvalue weighted by atomic mass is 79.9. The van der Waals surface area contributed by atoms with Crippen LogP contribution in [0.25, 0.3) is 0 Å². The van der Waals surface area contributed by atoms with Crippen molar-refractivity contribution >= 4 is 15.9 Å². The van der Waals surface area contributed by atoms with Crippen molar-refractivity contribution < 1.29 is 5.11 Å². The molecule has 2 heterocycles. The minimum absolute atomic E-state index is 0.148. The lowest BCUT2D eigenvalue weighted by molar-refractivity contribution is 0.174. The second kappa shape index (κ2) is 4.38. The summed E-state index contributed by atoms with van der Waals surface area (Å²) in [6, 6.07) is 4.00. The molecule has 76 valence electrons. The predicted octanol–water partition coefficient (Wildman–Crippen LogP) is 1.41. The highest BCUT2D eigenvalue weighted by Crippen LogP contribution is 2.13. The van der Waals surface area contributed by atoms with Crippen LogP contribution in [0.2, 0.25) is 0 Å². The van der Waals surface area contributed by atoms with Gasteiger partial charge in [0.15, 0.2) is 0 Å². The molecule has 0 spiro atoms. The molecule has 4 heteroatoms. The van der Waals surface area contributed by atoms with Gasteiger partial charge in [-0.1, -0.05) is 0 Å². The quantitative estimate of drug-likeness (QED) is 0.870. The van der Waals surface area contributed by atoms with Gasteiger partial charge in [-0.2, -0.15) is 0 Å². The van der Waals surface area contributed by atoms with Crippen molar-refractivity contribution in [2.24, 2.45) is 0 Å². The van der Waals surface area contributed by atoms with Crippen molar-refractivity contribution in [1.29, 1.82) is 0 Å². The minimum Gasteiger partial charge on any atom is -0.392 e. The van der Waals surface area contributed by atoms with Gasteiger partial charge in [0.05, 0.1) is 11.8 Å². The Labute approximate surface area is 91.9 Å². The van der Waals surface area contributed by atoms with Crippen LogP contribution < -0.4 is 0 Å². The number of aliphatic hydroxyl groups excluding tert-OH is 1. The van der Waals surface area contributed by atoms with E-state index in [0.29, 0.717) is 0 Å². The topological polar surface area (TPSA) is 36.4 Å². The van der Waals surface area contributed by atoms with Crippen molar-refractivity contribution in [3.8, 4) is 0 Å². The van der Waals surface area contributed by atoms with Gasteiger partial charge >= 0.3 is 0 Å². The summed E-state index contributed by atoms with van der Waals surface area (Å²) in [6.07, 6.45) is 2.55. The molecule has 0 aliphatic carbocycles. The minimum atomic E-state index is -0.148. The van der Waals surface area contributed by atoms with Crippen molar-refractivity contribution in [3.63, 3.8) is 0 Å². The third-order valence-electron chi connectivity index (χ3n) is 2.42. The number of β-amino-alcohol motifs (C(OH)–C–C–N with tert-alkyl or cyclic N) is 1. The van der Waals surface area contributed by atoms with E-state index in [0.717, 1.165) is 36.2 Å². The number of halogens is 1. The van der Waals surface area contributed by atoms with E-state index in [1.54, 1.807) is 0 Å². The molecule has 0 bridgehead atoms. The summed E-state index contributed by atoms with van der Waals surface area (Å²) in [5.41, 5.74) is 1.06. The van der Waals surface area contributed by atoms with Gasteiger partial charge in [0.1, 0.15) is 0 Å². The van der Waals surface area contributed by atoms with E-state index in [2.05, 4.69) is 25.8 Å². The number of hydrogen-bond donors (Lipinski definition) is 1. The molecule has 1 fully saturated rings. The zero-order valence-electron chi connectivity index (χ0n) is 7.86. The van der Waals surface area contributed by atoms with Gasteiger partial charge in [0.2, 0.25) is 0 Å². The summed E-state index contributed by atoms with van der Waals surface area (Å²) < 4.78 is 1.00. The number of likely N-dealkylation sites (tertiary alicyclic amines) is 1. The average molecular weight is 257 g/mol. The standard InChI is InChI=1S/C10H13BrN2O/c11-8-1-2-9(12-5-8)6-13-4-3-10(14)7-13/h1-2,5,10,14H,3-4,6-7H2/t10-/m0/s1. The van der Waals surface area contributed by atoms with Crippen LogP contribution in [0.4, 0.5) is 0 Å². The van der Waals surface area contributed by atoms with Crippen molar-refractivity contribution in [1.82, 2.24) is 9.88 Å². The van der Waals surface area contributed by atoms with E-state index in [-0.39, 0.29) is 6.10 Å². The molecule has 0 unspecified atom stereocenters. The monoisotopic (exact) mass is 256 g/mol. The summed E-state index contributed by atoms with van der Waals surface area (Å²) in [7, 11) is 0. The van der Waals surface area contributed by atoms with E-state index in [4.69, 9.17) is 0 Å². The van der Waals surface area contributed by atoms with Gasteiger partial charge in [-0.15, -0.1) is 0 Å². The maximum absolute atomic E-state index is 9.35. The second-order valence-electron chi connectivity index (χ2n) is 3.65. The van der Waals surface area contributed by atoms with Crippen LogP contribution in [0, 0.1) is 0 Å². The highest BCUT2D eigenvalue weighted by molar-refractivity contribution is 9.10. The van der Waals surface area contributed by atoms with Crippen LogP contribution in [0.5, 0.6) is 0 Å². The van der Waals surface area contributed by atoms with Gasteiger partial charge in [0.25, 0.3) is 0 Å². The Kier molecular flexibility index (Phi) is 3.15. The van der Waals surface area contributed by atoms with Gasteiger partial charge < -0.3 is 5.11 Å². The molecule has 3 nitrogen and oxygen atoms in total. The van der Waals surface area contributed by atoms with E-state index < -0.39 is 0 Å². The molecule has 1 N–H and O–H groups in total. The fraction of sp³-hybridized carbons (Fsp3) is 0.500. The van der Waals surface area contributed by atoms with Crippen molar-refractivity contribution in [3.05, 3.63) is 28.5 Å². The predicted molar refractivity (Wildman–Crippen MR) is 57.8 cm³/mol. The first-order valence-corrected chi connectivity index (χ1v) is 5.54. The van der Waals surface area contributed by atoms with Crippen LogP contribution in [-0.4, -0.2) is 34.2 Å². The lowest BCUT2D eigenvalue weighted by Gasteiger charge is -2.13. The molecule has 1 aliphatic heterocycles. The zero-order valence-corrected chi connectivity index (χ0v) is 9.44. The molecular formula is C10H13BrN2O. The molecule has 0 radical (unpaired) electrons. The number of nitrogens with zero attached hydrogens (tertiary/aromatic N) is 2. The maximum atomic E-state index is 9.35. The Bertz CT molecular complexity index is 301. The number of aromatic nitrogens is 1. The Morgan fingerprint density at radius 1 is 1.57 bits per heavy atom. The zero-order chi connectivity index (χ0) is 9.97. The molecule has 1 aromatic heterocycles. The molecule has 1 aliphatic rings. The van der Waals surface area contributed by atoms with Crippen molar-refractivity contribution in [2.75, 3.05) is 13.1 Å². The number of hydrogen-bond acceptors (Lipinski definition) is 3. The fourth-order valence-electron chi connectivity index (χ4n) is 1.68. The Morgan fingerprint density at radius 3 is 3.00 bits per heavy atom. The second-order valence-corrected chi connectivity index (χ2v) is 4.56. The molecule has 1 atom stereocenters. The summed E-state index contributed by atoms with van der Waals surface area (Å²) in [4.78, 5) is 6.52. The van der Waals surface area contributed by atoms with Gasteiger partial charge in [-0.25, -0.2) is 0 Å². The number of aliphatic hydroxyl groups is 1. The Hall–Kier alpha value is -0.450. The van der Waals surface area contributed by atoms with Crippen LogP contribution >= 0.6 is 15.9 Å². The highest BCUT2D eigenvalue weighted by Gasteiger charge is 2.19. The van der Waals surface area contributed by atoms with Gasteiger partial charge in [-0.3, -0.25) is 9.88 Å². The summed E-state index contributed by atoms with van der Waals surface area (Å²) in [5.74, 6) is 0. The molecule has 2 rings (SSSR count). The van der Waals surface area contributed by atoms with Crippen LogP contribution in [-0.2, 0) is 6.54 Å².